The molecule has 0 aliphatic carbocycles. The second-order valence-corrected chi connectivity index (χ2v) is 7.81. The first-order chi connectivity index (χ1) is 13.2. The third-order valence-electron chi connectivity index (χ3n) is 4.92. The van der Waals surface area contributed by atoms with Crippen LogP contribution < -0.4 is 10.6 Å². The number of nitrogens with zero attached hydrogens (tertiary/aromatic N) is 2. The third kappa shape index (κ3) is 7.29. The first kappa shape index (κ1) is 25.4. The van der Waals surface area contributed by atoms with Gasteiger partial charge in [-0.3, -0.25) is 4.98 Å². The topological polar surface area (TPSA) is 82.7 Å². The van der Waals surface area contributed by atoms with Crippen LogP contribution in [0.1, 0.15) is 56.3 Å². The van der Waals surface area contributed by atoms with Gasteiger partial charge in [0.2, 0.25) is 0 Å². The van der Waals surface area contributed by atoms with E-state index in [2.05, 4.69) is 40.5 Å². The van der Waals surface area contributed by atoms with E-state index in [0.29, 0.717) is 17.8 Å². The van der Waals surface area contributed by atoms with Crippen molar-refractivity contribution < 1.29 is 9.52 Å². The minimum Gasteiger partial charge on any atom is -0.466 e. The highest BCUT2D eigenvalue weighted by molar-refractivity contribution is 14.0. The molecule has 2 unspecified atom stereocenters. The molecule has 0 aliphatic rings. The van der Waals surface area contributed by atoms with Gasteiger partial charge >= 0.3 is 0 Å². The summed E-state index contributed by atoms with van der Waals surface area (Å²) in [5.74, 6) is 2.98. The molecule has 0 radical (unpaired) electrons. The van der Waals surface area contributed by atoms with Crippen LogP contribution in [0, 0.1) is 19.8 Å². The highest BCUT2D eigenvalue weighted by Crippen LogP contribution is 2.27. The molecule has 2 aromatic rings. The van der Waals surface area contributed by atoms with Crippen LogP contribution in [0.25, 0.3) is 0 Å². The summed E-state index contributed by atoms with van der Waals surface area (Å²) < 4.78 is 5.56. The summed E-state index contributed by atoms with van der Waals surface area (Å²) in [5.41, 5.74) is 0.891. The smallest absolute Gasteiger partial charge is 0.191 e. The van der Waals surface area contributed by atoms with Crippen molar-refractivity contribution in [3.8, 4) is 0 Å². The molecule has 2 heterocycles. The predicted octanol–water partition coefficient (Wildman–Crippen LogP) is 4.11. The molecule has 162 valence electrons. The number of furan rings is 1. The van der Waals surface area contributed by atoms with E-state index >= 15 is 0 Å². The molecular formula is C22H35IN4O2. The number of aliphatic imine (C=N–C) groups is 1. The minimum atomic E-state index is -1.09. The lowest BCUT2D eigenvalue weighted by atomic mass is 9.89. The second-order valence-electron chi connectivity index (χ2n) is 7.81. The van der Waals surface area contributed by atoms with E-state index in [4.69, 9.17) is 4.42 Å². The lowest BCUT2D eigenvalue weighted by molar-refractivity contribution is 0.0657. The zero-order valence-electron chi connectivity index (χ0n) is 18.3. The first-order valence-electron chi connectivity index (χ1n) is 9.96. The molecule has 3 N–H and O–H groups in total. The molecule has 2 atom stereocenters. The van der Waals surface area contributed by atoms with Gasteiger partial charge in [0.1, 0.15) is 17.1 Å². The first-order valence-corrected chi connectivity index (χ1v) is 9.96. The summed E-state index contributed by atoms with van der Waals surface area (Å²) in [5, 5.41) is 17.6. The van der Waals surface area contributed by atoms with Gasteiger partial charge in [-0.15, -0.1) is 24.0 Å². The van der Waals surface area contributed by atoms with Crippen LogP contribution in [0.3, 0.4) is 0 Å². The van der Waals surface area contributed by atoms with Crippen LogP contribution in [0.2, 0.25) is 0 Å². The maximum atomic E-state index is 10.9. The molecule has 0 spiro atoms. The number of aryl methyl sites for hydroxylation is 2. The molecule has 2 aromatic heterocycles. The Kier molecular flexibility index (Phi) is 10.1. The Labute approximate surface area is 191 Å². The quantitative estimate of drug-likeness (QED) is 0.281. The summed E-state index contributed by atoms with van der Waals surface area (Å²) in [6.45, 7) is 13.7. The Morgan fingerprint density at radius 1 is 1.31 bits per heavy atom. The summed E-state index contributed by atoms with van der Waals surface area (Å²) in [4.78, 5) is 8.87. The number of nitrogens with one attached hydrogen (secondary N) is 2. The average molecular weight is 514 g/mol. The van der Waals surface area contributed by atoms with Gasteiger partial charge in [-0.2, -0.15) is 0 Å². The van der Waals surface area contributed by atoms with Crippen molar-refractivity contribution in [3.05, 3.63) is 53.2 Å². The third-order valence-corrected chi connectivity index (χ3v) is 4.92. The molecule has 7 heteroatoms. The molecule has 0 amide bonds. The number of halogens is 1. The van der Waals surface area contributed by atoms with Gasteiger partial charge in [0.05, 0.1) is 6.54 Å². The molecule has 29 heavy (non-hydrogen) atoms. The molecule has 0 aromatic carbocycles. The van der Waals surface area contributed by atoms with E-state index in [9.17, 15) is 5.11 Å². The fourth-order valence-electron chi connectivity index (χ4n) is 3.37. The van der Waals surface area contributed by atoms with E-state index in [1.807, 2.05) is 39.1 Å². The van der Waals surface area contributed by atoms with Crippen LogP contribution in [-0.4, -0.2) is 35.7 Å². The highest BCUT2D eigenvalue weighted by Gasteiger charge is 2.27. The van der Waals surface area contributed by atoms with Gasteiger partial charge in [0.25, 0.3) is 0 Å². The Balaban J connectivity index is 0.00000420. The predicted molar refractivity (Wildman–Crippen MR) is 129 cm³/mol. The molecule has 0 bridgehead atoms. The Hall–Kier alpha value is -1.61. The lowest BCUT2D eigenvalue weighted by Gasteiger charge is -2.24. The number of pyridine rings is 1. The highest BCUT2D eigenvalue weighted by atomic mass is 127. The van der Waals surface area contributed by atoms with E-state index in [1.165, 1.54) is 5.56 Å². The van der Waals surface area contributed by atoms with Crippen LogP contribution >= 0.6 is 24.0 Å². The van der Waals surface area contributed by atoms with Crippen molar-refractivity contribution in [2.24, 2.45) is 10.9 Å². The maximum Gasteiger partial charge on any atom is 0.191 e. The van der Waals surface area contributed by atoms with E-state index in [0.717, 1.165) is 30.2 Å². The van der Waals surface area contributed by atoms with Crippen molar-refractivity contribution in [3.63, 3.8) is 0 Å². The molecule has 2 rings (SSSR count). The molecular weight excluding hydrogens is 479 g/mol. The van der Waals surface area contributed by atoms with Crippen LogP contribution in [0.4, 0.5) is 0 Å². The van der Waals surface area contributed by atoms with Gasteiger partial charge in [0, 0.05) is 37.0 Å². The van der Waals surface area contributed by atoms with Gasteiger partial charge in [-0.05, 0) is 51.3 Å². The number of rotatable bonds is 8. The molecule has 0 aliphatic heterocycles. The largest absolute Gasteiger partial charge is 0.466 e. The van der Waals surface area contributed by atoms with Crippen LogP contribution in [0.15, 0.2) is 40.0 Å². The number of aromatic nitrogens is 1. The summed E-state index contributed by atoms with van der Waals surface area (Å²) in [6.07, 6.45) is 3.71. The van der Waals surface area contributed by atoms with Crippen LogP contribution in [0.5, 0.6) is 0 Å². The lowest BCUT2D eigenvalue weighted by Crippen LogP contribution is -2.41. The van der Waals surface area contributed by atoms with Crippen molar-refractivity contribution in [2.45, 2.75) is 53.1 Å². The molecule has 6 nitrogen and oxygen atoms in total. The zero-order valence-corrected chi connectivity index (χ0v) is 20.7. The monoisotopic (exact) mass is 514 g/mol. The van der Waals surface area contributed by atoms with E-state index < -0.39 is 5.60 Å². The normalized spacial score (nSPS) is 14.8. The van der Waals surface area contributed by atoms with Crippen molar-refractivity contribution >= 4 is 29.9 Å². The number of aliphatic hydroxyl groups is 1. The summed E-state index contributed by atoms with van der Waals surface area (Å²) in [7, 11) is 0. The summed E-state index contributed by atoms with van der Waals surface area (Å²) >= 11 is 0. The Morgan fingerprint density at radius 3 is 2.55 bits per heavy atom. The fraction of sp³-hybridized carbons (Fsp3) is 0.545. The van der Waals surface area contributed by atoms with E-state index in [-0.39, 0.29) is 30.5 Å². The fourth-order valence-corrected chi connectivity index (χ4v) is 3.37. The van der Waals surface area contributed by atoms with Crippen LogP contribution in [-0.2, 0) is 5.60 Å². The number of hydrogen-bond acceptors (Lipinski definition) is 4. The number of guanidine groups is 1. The van der Waals surface area contributed by atoms with Crippen molar-refractivity contribution in [1.29, 1.82) is 0 Å². The minimum absolute atomic E-state index is 0. The van der Waals surface area contributed by atoms with Gasteiger partial charge in [-0.25, -0.2) is 4.99 Å². The Morgan fingerprint density at radius 2 is 2.03 bits per heavy atom. The average Bonchev–Trinajstić information content (AvgIpc) is 2.99. The zero-order chi connectivity index (χ0) is 20.7. The SMILES string of the molecule is CCNC(=NCC(C)(O)c1cc(C)oc1C)NCC(c1cccnc1)C(C)C.I. The van der Waals surface area contributed by atoms with Gasteiger partial charge in [-0.1, -0.05) is 19.9 Å². The van der Waals surface area contributed by atoms with Crippen molar-refractivity contribution in [1.82, 2.24) is 15.6 Å². The maximum absolute atomic E-state index is 10.9. The Bertz CT molecular complexity index is 772. The second kappa shape index (κ2) is 11.5. The van der Waals surface area contributed by atoms with E-state index in [1.54, 1.807) is 13.1 Å². The van der Waals surface area contributed by atoms with Gasteiger partial charge < -0.3 is 20.2 Å². The number of hydrogen-bond donors (Lipinski definition) is 3. The van der Waals surface area contributed by atoms with Crippen molar-refractivity contribution in [2.75, 3.05) is 19.6 Å². The van der Waals surface area contributed by atoms with Gasteiger partial charge in [0.15, 0.2) is 5.96 Å². The summed E-state index contributed by atoms with van der Waals surface area (Å²) in [6, 6.07) is 5.96. The standard InChI is InChI=1S/C22H34N4O2.HI/c1-7-24-21(25-13-19(15(2)3)18-9-8-10-23-12-18)26-14-22(6,27)20-11-16(4)28-17(20)5;/h8-12,15,19,27H,7,13-14H2,1-6H3,(H2,24,25,26);1H. The molecule has 0 saturated heterocycles. The molecule has 0 saturated carbocycles. The molecule has 0 fully saturated rings.